The van der Waals surface area contributed by atoms with Crippen LogP contribution in [0.15, 0.2) is 58.3 Å². The summed E-state index contributed by atoms with van der Waals surface area (Å²) in [4.78, 5) is 12.3. The summed E-state index contributed by atoms with van der Waals surface area (Å²) in [6.07, 6.45) is 6.14. The Bertz CT molecular complexity index is 809. The van der Waals surface area contributed by atoms with E-state index in [1.165, 1.54) is 11.1 Å². The SMILES string of the molecule is CC(/C=C/c1ccco1)=N\NC(=O)[C@H]1C[C@@H]1c1ccc(C(C)(C)C)cc1. The smallest absolute Gasteiger partial charge is 0.243 e. The van der Waals surface area contributed by atoms with E-state index in [1.807, 2.05) is 31.2 Å². The topological polar surface area (TPSA) is 54.6 Å². The van der Waals surface area contributed by atoms with Crippen LogP contribution in [0.1, 0.15) is 56.9 Å². The Morgan fingerprint density at radius 2 is 1.96 bits per heavy atom. The summed E-state index contributed by atoms with van der Waals surface area (Å²) < 4.78 is 5.22. The molecule has 0 radical (unpaired) electrons. The van der Waals surface area contributed by atoms with E-state index < -0.39 is 0 Å². The number of carbonyl (C=O) groups excluding carboxylic acids is 1. The Kier molecular flexibility index (Phi) is 5.12. The molecule has 1 aliphatic carbocycles. The van der Waals surface area contributed by atoms with Crippen LogP contribution in [0.5, 0.6) is 0 Å². The summed E-state index contributed by atoms with van der Waals surface area (Å²) >= 11 is 0. The first-order chi connectivity index (χ1) is 12.3. The lowest BCUT2D eigenvalue weighted by Gasteiger charge is -2.19. The van der Waals surface area contributed by atoms with Gasteiger partial charge >= 0.3 is 0 Å². The Labute approximate surface area is 155 Å². The summed E-state index contributed by atoms with van der Waals surface area (Å²) in [5.41, 5.74) is 6.09. The lowest BCUT2D eigenvalue weighted by Crippen LogP contribution is -2.21. The molecule has 4 heteroatoms. The fourth-order valence-corrected chi connectivity index (χ4v) is 2.94. The fraction of sp³-hybridized carbons (Fsp3) is 0.364. The lowest BCUT2D eigenvalue weighted by molar-refractivity contribution is -0.122. The molecule has 26 heavy (non-hydrogen) atoms. The van der Waals surface area contributed by atoms with Crippen molar-refractivity contribution in [2.45, 2.75) is 45.4 Å². The predicted octanol–water partition coefficient (Wildman–Crippen LogP) is 4.89. The third-order valence-corrected chi connectivity index (χ3v) is 4.71. The van der Waals surface area contributed by atoms with Gasteiger partial charge in [-0.1, -0.05) is 45.0 Å². The molecule has 0 unspecified atom stereocenters. The molecule has 1 saturated carbocycles. The number of carbonyl (C=O) groups is 1. The minimum absolute atomic E-state index is 0.0133. The highest BCUT2D eigenvalue weighted by molar-refractivity contribution is 5.97. The maximum absolute atomic E-state index is 12.3. The van der Waals surface area contributed by atoms with Gasteiger partial charge in [-0.3, -0.25) is 4.79 Å². The summed E-state index contributed by atoms with van der Waals surface area (Å²) in [5.74, 6) is 1.06. The Balaban J connectivity index is 1.53. The van der Waals surface area contributed by atoms with E-state index in [-0.39, 0.29) is 17.2 Å². The average molecular weight is 350 g/mol. The van der Waals surface area contributed by atoms with Crippen LogP contribution < -0.4 is 5.43 Å². The molecule has 2 atom stereocenters. The van der Waals surface area contributed by atoms with Crippen LogP contribution in [0.25, 0.3) is 6.08 Å². The average Bonchev–Trinajstić information content (AvgIpc) is 3.24. The zero-order chi connectivity index (χ0) is 18.7. The van der Waals surface area contributed by atoms with Crippen molar-refractivity contribution >= 4 is 17.7 Å². The first-order valence-electron chi connectivity index (χ1n) is 9.01. The molecule has 0 aliphatic heterocycles. The zero-order valence-electron chi connectivity index (χ0n) is 15.8. The van der Waals surface area contributed by atoms with Gasteiger partial charge < -0.3 is 4.42 Å². The van der Waals surface area contributed by atoms with Crippen LogP contribution in [-0.2, 0) is 10.2 Å². The van der Waals surface area contributed by atoms with Crippen LogP contribution >= 0.6 is 0 Å². The number of furan rings is 1. The van der Waals surface area contributed by atoms with Gasteiger partial charge in [-0.2, -0.15) is 5.10 Å². The third kappa shape index (κ3) is 4.51. The molecule has 1 fully saturated rings. The minimum atomic E-state index is -0.0133. The monoisotopic (exact) mass is 350 g/mol. The normalized spacial score (nSPS) is 20.4. The van der Waals surface area contributed by atoms with Crippen molar-refractivity contribution in [1.82, 2.24) is 5.43 Å². The van der Waals surface area contributed by atoms with Crippen LogP contribution in [0, 0.1) is 5.92 Å². The highest BCUT2D eigenvalue weighted by Crippen LogP contribution is 2.47. The molecule has 1 N–H and O–H groups in total. The number of hydrogen-bond acceptors (Lipinski definition) is 3. The number of hydrogen-bond donors (Lipinski definition) is 1. The fourth-order valence-electron chi connectivity index (χ4n) is 2.94. The van der Waals surface area contributed by atoms with Gasteiger partial charge in [-0.25, -0.2) is 5.43 Å². The van der Waals surface area contributed by atoms with E-state index in [9.17, 15) is 4.79 Å². The van der Waals surface area contributed by atoms with Crippen LogP contribution in [0.2, 0.25) is 0 Å². The number of allylic oxidation sites excluding steroid dienone is 1. The summed E-state index contributed by atoms with van der Waals surface area (Å²) in [5, 5.41) is 4.15. The standard InChI is InChI=1S/C22H26N2O2/c1-15(7-12-18-6-5-13-26-18)23-24-21(25)20-14-19(20)16-8-10-17(11-9-16)22(2,3)4/h5-13,19-20H,14H2,1-4H3,(H,24,25)/b12-7+,23-15+/t19-,20+/m1/s1. The Morgan fingerprint density at radius 1 is 1.23 bits per heavy atom. The number of benzene rings is 1. The number of rotatable bonds is 5. The molecule has 136 valence electrons. The van der Waals surface area contributed by atoms with E-state index in [1.54, 1.807) is 6.26 Å². The molecule has 3 rings (SSSR count). The number of nitrogens with one attached hydrogen (secondary N) is 1. The molecule has 1 aromatic heterocycles. The first-order valence-corrected chi connectivity index (χ1v) is 9.01. The second kappa shape index (κ2) is 7.32. The van der Waals surface area contributed by atoms with Crippen molar-refractivity contribution in [3.8, 4) is 0 Å². The van der Waals surface area contributed by atoms with E-state index in [0.29, 0.717) is 5.92 Å². The molecular weight excluding hydrogens is 324 g/mol. The number of nitrogens with zero attached hydrogens (tertiary/aromatic N) is 1. The van der Waals surface area contributed by atoms with E-state index in [2.05, 4.69) is 55.6 Å². The molecule has 1 aromatic carbocycles. The lowest BCUT2D eigenvalue weighted by atomic mass is 9.86. The number of amides is 1. The maximum Gasteiger partial charge on any atom is 0.243 e. The van der Waals surface area contributed by atoms with Crippen LogP contribution in [0.3, 0.4) is 0 Å². The number of hydrazone groups is 1. The largest absolute Gasteiger partial charge is 0.465 e. The van der Waals surface area contributed by atoms with Gasteiger partial charge in [0, 0.05) is 5.92 Å². The van der Waals surface area contributed by atoms with Crippen LogP contribution in [0.4, 0.5) is 0 Å². The molecule has 1 aliphatic rings. The van der Waals surface area contributed by atoms with Crippen molar-refractivity contribution in [2.75, 3.05) is 0 Å². The summed E-state index contributed by atoms with van der Waals surface area (Å²) in [7, 11) is 0. The van der Waals surface area contributed by atoms with Gasteiger partial charge in [-0.05, 0) is 60.1 Å². The molecule has 1 heterocycles. The van der Waals surface area contributed by atoms with E-state index >= 15 is 0 Å². The van der Waals surface area contributed by atoms with Crippen molar-refractivity contribution in [2.24, 2.45) is 11.0 Å². The Morgan fingerprint density at radius 3 is 2.58 bits per heavy atom. The maximum atomic E-state index is 12.3. The van der Waals surface area contributed by atoms with E-state index in [4.69, 9.17) is 4.42 Å². The summed E-state index contributed by atoms with van der Waals surface area (Å²) in [6.45, 7) is 8.46. The highest BCUT2D eigenvalue weighted by atomic mass is 16.3. The zero-order valence-corrected chi connectivity index (χ0v) is 15.8. The molecule has 2 aromatic rings. The van der Waals surface area contributed by atoms with Crippen LogP contribution in [-0.4, -0.2) is 11.6 Å². The molecule has 4 nitrogen and oxygen atoms in total. The van der Waals surface area contributed by atoms with Crippen molar-refractivity contribution < 1.29 is 9.21 Å². The van der Waals surface area contributed by atoms with Gasteiger partial charge in [-0.15, -0.1) is 0 Å². The van der Waals surface area contributed by atoms with Gasteiger partial charge in [0.25, 0.3) is 0 Å². The van der Waals surface area contributed by atoms with Gasteiger partial charge in [0.2, 0.25) is 5.91 Å². The first kappa shape index (κ1) is 18.2. The third-order valence-electron chi connectivity index (χ3n) is 4.71. The quantitative estimate of drug-likeness (QED) is 0.617. The highest BCUT2D eigenvalue weighted by Gasteiger charge is 2.44. The van der Waals surface area contributed by atoms with Gasteiger partial charge in [0.15, 0.2) is 0 Å². The molecular formula is C22H26N2O2. The van der Waals surface area contributed by atoms with E-state index in [0.717, 1.165) is 17.9 Å². The minimum Gasteiger partial charge on any atom is -0.465 e. The van der Waals surface area contributed by atoms with Crippen molar-refractivity contribution in [3.05, 3.63) is 65.6 Å². The predicted molar refractivity (Wildman–Crippen MR) is 105 cm³/mol. The molecule has 0 bridgehead atoms. The van der Waals surface area contributed by atoms with Gasteiger partial charge in [0.05, 0.1) is 12.0 Å². The second-order valence-corrected chi connectivity index (χ2v) is 7.90. The molecule has 0 spiro atoms. The molecule has 1 amide bonds. The van der Waals surface area contributed by atoms with Crippen molar-refractivity contribution in [3.63, 3.8) is 0 Å². The second-order valence-electron chi connectivity index (χ2n) is 7.90. The summed E-state index contributed by atoms with van der Waals surface area (Å²) in [6, 6.07) is 12.3. The van der Waals surface area contributed by atoms with Crippen molar-refractivity contribution in [1.29, 1.82) is 0 Å². The Hall–Kier alpha value is -2.62. The molecule has 0 saturated heterocycles. The van der Waals surface area contributed by atoms with Gasteiger partial charge in [0.1, 0.15) is 5.76 Å².